The second-order valence-corrected chi connectivity index (χ2v) is 7.51. The van der Waals surface area contributed by atoms with E-state index < -0.39 is 0 Å². The van der Waals surface area contributed by atoms with Crippen molar-refractivity contribution < 1.29 is 14.3 Å². The third kappa shape index (κ3) is 4.12. The predicted molar refractivity (Wildman–Crippen MR) is 109 cm³/mol. The zero-order valence-corrected chi connectivity index (χ0v) is 17.2. The van der Waals surface area contributed by atoms with Crippen molar-refractivity contribution in [1.29, 1.82) is 0 Å². The van der Waals surface area contributed by atoms with E-state index in [1.165, 1.54) is 0 Å². The lowest BCUT2D eigenvalue weighted by Gasteiger charge is -2.35. The topological polar surface area (TPSA) is 49.9 Å². The molecule has 1 saturated heterocycles. The average molecular weight is 485 g/mol. The highest BCUT2D eigenvalue weighted by Crippen LogP contribution is 2.21. The molecule has 1 aliphatic heterocycles. The Morgan fingerprint density at radius 1 is 0.962 bits per heavy atom. The number of nitrogens with zero attached hydrogens (tertiary/aromatic N) is 2. The molecule has 0 saturated carbocycles. The van der Waals surface area contributed by atoms with Crippen LogP contribution in [-0.2, 0) is 0 Å². The summed E-state index contributed by atoms with van der Waals surface area (Å²) >= 11 is 8.13. The van der Waals surface area contributed by atoms with Gasteiger partial charge in [0, 0.05) is 40.9 Å². The summed E-state index contributed by atoms with van der Waals surface area (Å²) in [6.07, 6.45) is 0. The van der Waals surface area contributed by atoms with Crippen molar-refractivity contribution in [2.45, 2.75) is 0 Å². The summed E-state index contributed by atoms with van der Waals surface area (Å²) in [5.41, 5.74) is 1.21. The Bertz CT molecular complexity index is 835. The molecule has 0 aromatic heterocycles. The molecule has 0 bridgehead atoms. The Morgan fingerprint density at radius 2 is 1.54 bits per heavy atom. The molecule has 0 N–H and O–H groups in total. The van der Waals surface area contributed by atoms with Crippen molar-refractivity contribution in [1.82, 2.24) is 9.80 Å². The SMILES string of the molecule is COc1cccc(C(=O)N2CCN(C(=O)c3ccc(Cl)c(I)c3)CC2)c1. The lowest BCUT2D eigenvalue weighted by molar-refractivity contribution is 0.0535. The first-order valence-electron chi connectivity index (χ1n) is 8.17. The zero-order chi connectivity index (χ0) is 18.7. The van der Waals surface area contributed by atoms with Crippen LogP contribution in [0.5, 0.6) is 5.75 Å². The minimum absolute atomic E-state index is 0.0342. The van der Waals surface area contributed by atoms with Crippen molar-refractivity contribution >= 4 is 46.0 Å². The Balaban J connectivity index is 1.64. The van der Waals surface area contributed by atoms with Crippen LogP contribution in [0, 0.1) is 3.57 Å². The van der Waals surface area contributed by atoms with Gasteiger partial charge in [-0.25, -0.2) is 0 Å². The van der Waals surface area contributed by atoms with Gasteiger partial charge in [0.15, 0.2) is 0 Å². The first-order valence-corrected chi connectivity index (χ1v) is 9.63. The van der Waals surface area contributed by atoms with Crippen LogP contribution in [0.15, 0.2) is 42.5 Å². The number of carbonyl (C=O) groups excluding carboxylic acids is 2. The van der Waals surface area contributed by atoms with Crippen LogP contribution in [0.25, 0.3) is 0 Å². The van der Waals surface area contributed by atoms with Gasteiger partial charge in [-0.3, -0.25) is 9.59 Å². The number of benzene rings is 2. The summed E-state index contributed by atoms with van der Waals surface area (Å²) < 4.78 is 6.02. The van der Waals surface area contributed by atoms with Crippen LogP contribution >= 0.6 is 34.2 Å². The summed E-state index contributed by atoms with van der Waals surface area (Å²) in [6.45, 7) is 2.03. The number of methoxy groups -OCH3 is 1. The lowest BCUT2D eigenvalue weighted by atomic mass is 10.1. The zero-order valence-electron chi connectivity index (χ0n) is 14.2. The third-order valence-electron chi connectivity index (χ3n) is 4.34. The second-order valence-electron chi connectivity index (χ2n) is 5.95. The summed E-state index contributed by atoms with van der Waals surface area (Å²) in [7, 11) is 1.58. The van der Waals surface area contributed by atoms with Crippen molar-refractivity contribution in [2.24, 2.45) is 0 Å². The molecule has 26 heavy (non-hydrogen) atoms. The highest BCUT2D eigenvalue weighted by Gasteiger charge is 2.26. The normalized spacial score (nSPS) is 14.3. The van der Waals surface area contributed by atoms with Crippen molar-refractivity contribution in [3.8, 4) is 5.75 Å². The molecule has 0 unspecified atom stereocenters. The van der Waals surface area contributed by atoms with Crippen molar-refractivity contribution in [2.75, 3.05) is 33.3 Å². The molecule has 2 aromatic rings. The quantitative estimate of drug-likeness (QED) is 0.626. The van der Waals surface area contributed by atoms with Crippen LogP contribution in [0.4, 0.5) is 0 Å². The highest BCUT2D eigenvalue weighted by atomic mass is 127. The molecule has 0 atom stereocenters. The molecule has 2 aromatic carbocycles. The Kier molecular flexibility index (Phi) is 6.03. The summed E-state index contributed by atoms with van der Waals surface area (Å²) in [6, 6.07) is 12.4. The van der Waals surface area contributed by atoms with Gasteiger partial charge in [-0.1, -0.05) is 17.7 Å². The summed E-state index contributed by atoms with van der Waals surface area (Å²) in [5, 5.41) is 0.635. The molecule has 0 radical (unpaired) electrons. The van der Waals surface area contributed by atoms with Gasteiger partial charge in [0.05, 0.1) is 12.1 Å². The Hall–Kier alpha value is -1.80. The molecular weight excluding hydrogens is 467 g/mol. The van der Waals surface area contributed by atoms with E-state index in [0.717, 1.165) is 3.57 Å². The van der Waals surface area contributed by atoms with Gasteiger partial charge in [0.1, 0.15) is 5.75 Å². The van der Waals surface area contributed by atoms with Crippen LogP contribution < -0.4 is 4.74 Å². The van der Waals surface area contributed by atoms with E-state index in [2.05, 4.69) is 22.6 Å². The molecule has 3 rings (SSSR count). The van der Waals surface area contributed by atoms with Gasteiger partial charge in [-0.15, -0.1) is 0 Å². The molecule has 7 heteroatoms. The molecule has 1 aliphatic rings. The lowest BCUT2D eigenvalue weighted by Crippen LogP contribution is -2.50. The van der Waals surface area contributed by atoms with E-state index in [1.54, 1.807) is 59.4 Å². The molecular formula is C19H18ClIN2O3. The highest BCUT2D eigenvalue weighted by molar-refractivity contribution is 14.1. The smallest absolute Gasteiger partial charge is 0.254 e. The number of halogens is 2. The Morgan fingerprint density at radius 3 is 2.08 bits per heavy atom. The molecule has 5 nitrogen and oxygen atoms in total. The van der Waals surface area contributed by atoms with Crippen LogP contribution in [-0.4, -0.2) is 54.9 Å². The number of rotatable bonds is 3. The van der Waals surface area contributed by atoms with Crippen molar-refractivity contribution in [3.05, 3.63) is 62.2 Å². The monoisotopic (exact) mass is 484 g/mol. The molecule has 136 valence electrons. The maximum atomic E-state index is 12.7. The van der Waals surface area contributed by atoms with E-state index in [9.17, 15) is 9.59 Å². The first-order chi connectivity index (χ1) is 12.5. The van der Waals surface area contributed by atoms with Crippen LogP contribution in [0.3, 0.4) is 0 Å². The molecule has 1 heterocycles. The number of ether oxygens (including phenoxy) is 1. The maximum Gasteiger partial charge on any atom is 0.254 e. The fourth-order valence-electron chi connectivity index (χ4n) is 2.86. The van der Waals surface area contributed by atoms with E-state index in [1.807, 2.05) is 0 Å². The molecule has 2 amide bonds. The van der Waals surface area contributed by atoms with E-state index >= 15 is 0 Å². The van der Waals surface area contributed by atoms with Gasteiger partial charge in [-0.2, -0.15) is 0 Å². The first kappa shape index (κ1) is 19.0. The van der Waals surface area contributed by atoms with Gasteiger partial charge >= 0.3 is 0 Å². The average Bonchev–Trinajstić information content (AvgIpc) is 2.69. The number of hydrogen-bond acceptors (Lipinski definition) is 3. The van der Waals surface area contributed by atoms with Gasteiger partial charge in [-0.05, 0) is 59.0 Å². The van der Waals surface area contributed by atoms with Gasteiger partial charge < -0.3 is 14.5 Å². The number of amides is 2. The molecule has 0 aliphatic carbocycles. The minimum atomic E-state index is -0.0444. The van der Waals surface area contributed by atoms with Gasteiger partial charge in [0.2, 0.25) is 0 Å². The summed E-state index contributed by atoms with van der Waals surface area (Å²) in [5.74, 6) is 0.576. The molecule has 0 spiro atoms. The van der Waals surface area contributed by atoms with E-state index in [4.69, 9.17) is 16.3 Å². The second kappa shape index (κ2) is 8.26. The predicted octanol–water partition coefficient (Wildman–Crippen LogP) is 3.55. The third-order valence-corrected chi connectivity index (χ3v) is 5.88. The Labute approximate surface area is 171 Å². The van der Waals surface area contributed by atoms with Crippen LogP contribution in [0.1, 0.15) is 20.7 Å². The number of carbonyl (C=O) groups is 2. The van der Waals surface area contributed by atoms with E-state index in [0.29, 0.717) is 48.1 Å². The van der Waals surface area contributed by atoms with Gasteiger partial charge in [0.25, 0.3) is 11.8 Å². The number of hydrogen-bond donors (Lipinski definition) is 0. The van der Waals surface area contributed by atoms with Crippen molar-refractivity contribution in [3.63, 3.8) is 0 Å². The maximum absolute atomic E-state index is 12.7. The minimum Gasteiger partial charge on any atom is -0.497 e. The van der Waals surface area contributed by atoms with E-state index in [-0.39, 0.29) is 11.8 Å². The largest absolute Gasteiger partial charge is 0.497 e. The fraction of sp³-hybridized carbons (Fsp3) is 0.263. The summed E-state index contributed by atoms with van der Waals surface area (Å²) in [4.78, 5) is 28.8. The number of piperazine rings is 1. The molecule has 1 fully saturated rings. The fourth-order valence-corrected chi connectivity index (χ4v) is 3.50. The standard InChI is InChI=1S/C19H18ClIN2O3/c1-26-15-4-2-3-13(11-15)18(24)22-7-9-23(10-8-22)19(25)14-5-6-16(20)17(21)12-14/h2-6,11-12H,7-10H2,1H3. The van der Waals surface area contributed by atoms with Crippen LogP contribution in [0.2, 0.25) is 5.02 Å².